The van der Waals surface area contributed by atoms with Crippen LogP contribution in [0.15, 0.2) is 24.3 Å². The van der Waals surface area contributed by atoms with Crippen molar-refractivity contribution in [1.29, 1.82) is 0 Å². The minimum Gasteiger partial charge on any atom is -0.478 e. The third-order valence-corrected chi connectivity index (χ3v) is 1.57. The second-order valence-corrected chi connectivity index (χ2v) is 2.68. The molecule has 0 unspecified atom stereocenters. The third kappa shape index (κ3) is 3.48. The standard InChI is InChI=1S/C10H7NO4/c12-10(13)9-5-3-8(4-6-9)2-1-7-11(14)15/h3-6H,7H2,(H,12,13). The molecule has 0 spiro atoms. The van der Waals surface area contributed by atoms with Gasteiger partial charge >= 0.3 is 5.97 Å². The van der Waals surface area contributed by atoms with E-state index in [1.54, 1.807) is 0 Å². The number of nitrogens with zero attached hydrogens (tertiary/aromatic N) is 1. The smallest absolute Gasteiger partial charge is 0.335 e. The Balaban J connectivity index is 2.75. The lowest BCUT2D eigenvalue weighted by Crippen LogP contribution is -1.97. The lowest BCUT2D eigenvalue weighted by Gasteiger charge is -1.93. The van der Waals surface area contributed by atoms with Crippen LogP contribution >= 0.6 is 0 Å². The first kappa shape index (κ1) is 10.7. The molecule has 0 fully saturated rings. The molecule has 15 heavy (non-hydrogen) atoms. The van der Waals surface area contributed by atoms with Crippen molar-refractivity contribution in [3.63, 3.8) is 0 Å². The highest BCUT2D eigenvalue weighted by Crippen LogP contribution is 2.02. The highest BCUT2D eigenvalue weighted by Gasteiger charge is 1.99. The van der Waals surface area contributed by atoms with Crippen molar-refractivity contribution in [1.82, 2.24) is 0 Å². The first-order valence-corrected chi connectivity index (χ1v) is 4.03. The Morgan fingerprint density at radius 2 is 2.00 bits per heavy atom. The highest BCUT2D eigenvalue weighted by atomic mass is 16.6. The van der Waals surface area contributed by atoms with Crippen LogP contribution < -0.4 is 0 Å². The van der Waals surface area contributed by atoms with Crippen LogP contribution in [0.25, 0.3) is 0 Å². The number of hydrogen-bond donors (Lipinski definition) is 1. The first-order chi connectivity index (χ1) is 7.09. The summed E-state index contributed by atoms with van der Waals surface area (Å²) < 4.78 is 0. The van der Waals surface area contributed by atoms with Crippen LogP contribution in [0, 0.1) is 22.0 Å². The molecule has 0 bridgehead atoms. The van der Waals surface area contributed by atoms with Crippen LogP contribution in [0.5, 0.6) is 0 Å². The summed E-state index contributed by atoms with van der Waals surface area (Å²) in [5.74, 6) is 3.90. The number of nitro groups is 1. The number of carboxylic acids is 1. The molecule has 0 amide bonds. The van der Waals surface area contributed by atoms with E-state index in [1.165, 1.54) is 24.3 Å². The van der Waals surface area contributed by atoms with E-state index in [2.05, 4.69) is 11.8 Å². The lowest BCUT2D eigenvalue weighted by molar-refractivity contribution is -0.466. The van der Waals surface area contributed by atoms with Crippen LogP contribution in [0.2, 0.25) is 0 Å². The minimum atomic E-state index is -1.01. The number of hydrogen-bond acceptors (Lipinski definition) is 3. The van der Waals surface area contributed by atoms with E-state index in [4.69, 9.17) is 5.11 Å². The van der Waals surface area contributed by atoms with E-state index in [1.807, 2.05) is 0 Å². The summed E-state index contributed by atoms with van der Waals surface area (Å²) in [5.41, 5.74) is 0.719. The number of benzene rings is 1. The van der Waals surface area contributed by atoms with E-state index in [9.17, 15) is 14.9 Å². The monoisotopic (exact) mass is 205 g/mol. The SMILES string of the molecule is O=C(O)c1ccc(C#CC[N+](=O)[O-])cc1. The van der Waals surface area contributed by atoms with Gasteiger partial charge in [0.25, 0.3) is 6.54 Å². The Labute approximate surface area is 85.5 Å². The summed E-state index contributed by atoms with van der Waals surface area (Å²) in [6.45, 7) is -0.416. The summed E-state index contributed by atoms with van der Waals surface area (Å²) in [7, 11) is 0. The zero-order valence-electron chi connectivity index (χ0n) is 7.64. The molecule has 0 aliphatic carbocycles. The molecule has 5 nitrogen and oxygen atoms in total. The topological polar surface area (TPSA) is 80.4 Å². The Hall–Kier alpha value is -2.35. The molecular weight excluding hydrogens is 198 g/mol. The number of rotatable bonds is 2. The molecule has 76 valence electrons. The molecule has 1 aromatic rings. The fourth-order valence-electron chi connectivity index (χ4n) is 0.902. The molecule has 5 heteroatoms. The van der Waals surface area contributed by atoms with E-state index in [0.717, 1.165) is 0 Å². The maximum absolute atomic E-state index is 10.5. The van der Waals surface area contributed by atoms with E-state index in [-0.39, 0.29) is 5.56 Å². The van der Waals surface area contributed by atoms with Crippen molar-refractivity contribution >= 4 is 5.97 Å². The third-order valence-electron chi connectivity index (χ3n) is 1.57. The zero-order chi connectivity index (χ0) is 11.3. The molecule has 0 saturated carbocycles. The Bertz CT molecular complexity index is 439. The normalized spacial score (nSPS) is 8.80. The van der Waals surface area contributed by atoms with Crippen LogP contribution in [-0.2, 0) is 0 Å². The highest BCUT2D eigenvalue weighted by molar-refractivity contribution is 5.87. The molecule has 0 saturated heterocycles. The van der Waals surface area contributed by atoms with Crippen molar-refractivity contribution in [3.8, 4) is 11.8 Å². The van der Waals surface area contributed by atoms with E-state index < -0.39 is 17.4 Å². The Morgan fingerprint density at radius 1 is 1.40 bits per heavy atom. The second-order valence-electron chi connectivity index (χ2n) is 2.68. The van der Waals surface area contributed by atoms with Gasteiger partial charge in [0.2, 0.25) is 0 Å². The van der Waals surface area contributed by atoms with Crippen molar-refractivity contribution in [3.05, 3.63) is 45.5 Å². The molecule has 0 radical (unpaired) electrons. The van der Waals surface area contributed by atoms with Crippen LogP contribution in [-0.4, -0.2) is 22.5 Å². The molecule has 0 aliphatic heterocycles. The lowest BCUT2D eigenvalue weighted by atomic mass is 10.1. The predicted molar refractivity (Wildman–Crippen MR) is 52.1 cm³/mol. The van der Waals surface area contributed by atoms with Gasteiger partial charge in [-0.1, -0.05) is 5.92 Å². The summed E-state index contributed by atoms with van der Waals surface area (Å²) in [5, 5.41) is 18.6. The number of carbonyl (C=O) groups is 1. The number of aromatic carboxylic acids is 1. The van der Waals surface area contributed by atoms with Gasteiger partial charge in [-0.2, -0.15) is 0 Å². The molecule has 0 aromatic heterocycles. The van der Waals surface area contributed by atoms with Crippen molar-refractivity contribution < 1.29 is 14.8 Å². The Morgan fingerprint density at radius 3 is 2.47 bits per heavy atom. The van der Waals surface area contributed by atoms with Crippen LogP contribution in [0.4, 0.5) is 0 Å². The van der Waals surface area contributed by atoms with Gasteiger partial charge < -0.3 is 5.11 Å². The Kier molecular flexibility index (Phi) is 3.41. The number of carboxylic acid groups (broad SMARTS) is 1. The summed E-state index contributed by atoms with van der Waals surface area (Å²) >= 11 is 0. The molecule has 0 atom stereocenters. The molecule has 0 aliphatic rings. The average Bonchev–Trinajstić information content (AvgIpc) is 2.18. The van der Waals surface area contributed by atoms with Gasteiger partial charge in [0, 0.05) is 10.5 Å². The summed E-state index contributed by atoms with van der Waals surface area (Å²) in [6, 6.07) is 5.82. The molecule has 1 aromatic carbocycles. The average molecular weight is 205 g/mol. The van der Waals surface area contributed by atoms with Crippen molar-refractivity contribution in [2.45, 2.75) is 0 Å². The maximum Gasteiger partial charge on any atom is 0.335 e. The molecule has 1 rings (SSSR count). The van der Waals surface area contributed by atoms with Gasteiger partial charge in [-0.3, -0.25) is 10.1 Å². The van der Waals surface area contributed by atoms with E-state index >= 15 is 0 Å². The quantitative estimate of drug-likeness (QED) is 0.444. The van der Waals surface area contributed by atoms with Gasteiger partial charge in [-0.15, -0.1) is 0 Å². The van der Waals surface area contributed by atoms with Crippen molar-refractivity contribution in [2.75, 3.05) is 6.54 Å². The largest absolute Gasteiger partial charge is 0.478 e. The molecule has 0 heterocycles. The van der Waals surface area contributed by atoms with E-state index in [0.29, 0.717) is 5.56 Å². The zero-order valence-corrected chi connectivity index (χ0v) is 7.64. The fourth-order valence-corrected chi connectivity index (χ4v) is 0.902. The van der Waals surface area contributed by atoms with Gasteiger partial charge in [-0.25, -0.2) is 4.79 Å². The van der Waals surface area contributed by atoms with Crippen LogP contribution in [0.1, 0.15) is 15.9 Å². The van der Waals surface area contributed by atoms with Gasteiger partial charge in [0.1, 0.15) is 0 Å². The van der Waals surface area contributed by atoms with Gasteiger partial charge in [0.15, 0.2) is 0 Å². The maximum atomic E-state index is 10.5. The van der Waals surface area contributed by atoms with Gasteiger partial charge in [0.05, 0.1) is 5.56 Å². The summed E-state index contributed by atoms with van der Waals surface area (Å²) in [4.78, 5) is 19.9. The summed E-state index contributed by atoms with van der Waals surface area (Å²) in [6.07, 6.45) is 0. The molecule has 1 N–H and O–H groups in total. The second kappa shape index (κ2) is 4.77. The predicted octanol–water partition coefficient (Wildman–Crippen LogP) is 1.01. The fraction of sp³-hybridized carbons (Fsp3) is 0.100. The van der Waals surface area contributed by atoms with Crippen molar-refractivity contribution in [2.24, 2.45) is 0 Å². The minimum absolute atomic E-state index is 0.162. The van der Waals surface area contributed by atoms with Gasteiger partial charge in [-0.05, 0) is 30.2 Å². The van der Waals surface area contributed by atoms with Crippen LogP contribution in [0.3, 0.4) is 0 Å². The first-order valence-electron chi connectivity index (χ1n) is 4.03. The molecular formula is C10H7NO4.